The Labute approximate surface area is 166 Å². The number of halogens is 1. The summed E-state index contributed by atoms with van der Waals surface area (Å²) in [6.45, 7) is 0.152. The molecule has 4 rings (SSSR count). The second-order valence-corrected chi connectivity index (χ2v) is 8.18. The topological polar surface area (TPSA) is 101 Å². The first-order valence-electron chi connectivity index (χ1n) is 8.33. The van der Waals surface area contributed by atoms with Crippen LogP contribution in [0.25, 0.3) is 23.0 Å². The molecule has 2 N–H and O–H groups in total. The average molecular weight is 415 g/mol. The van der Waals surface area contributed by atoms with Gasteiger partial charge in [-0.25, -0.2) is 13.1 Å². The smallest absolute Gasteiger partial charge is 0.264 e. The van der Waals surface area contributed by atoms with Crippen molar-refractivity contribution >= 4 is 21.6 Å². The Bertz CT molecular complexity index is 1190. The van der Waals surface area contributed by atoms with Gasteiger partial charge in [0.25, 0.3) is 5.89 Å². The molecule has 0 aliphatic rings. The van der Waals surface area contributed by atoms with E-state index in [0.717, 1.165) is 11.1 Å². The number of aromatic amines is 1. The quantitative estimate of drug-likeness (QED) is 0.498. The zero-order valence-electron chi connectivity index (χ0n) is 14.5. The first-order chi connectivity index (χ1) is 13.5. The largest absolute Gasteiger partial charge is 0.415 e. The number of sulfonamides is 1. The Hall–Kier alpha value is -2.94. The Morgan fingerprint density at radius 1 is 1.00 bits per heavy atom. The Morgan fingerprint density at radius 2 is 1.71 bits per heavy atom. The van der Waals surface area contributed by atoms with Gasteiger partial charge in [0.15, 0.2) is 0 Å². The Balaban J connectivity index is 1.50. The second-order valence-electron chi connectivity index (χ2n) is 5.98. The molecule has 0 unspecified atom stereocenters. The molecule has 2 aromatic carbocycles. The standard InChI is InChI=1S/C19H15ClN4O3S/c20-15-8-6-13(7-9-15)11-22-28(25,26)16-10-17(21-12-16)19-24-23-18(27-19)14-4-2-1-3-5-14/h1-10,12,21-22H,11H2. The molecule has 142 valence electrons. The van der Waals surface area contributed by atoms with Crippen LogP contribution in [0.15, 0.2) is 76.2 Å². The molecule has 0 atom stereocenters. The molecule has 9 heteroatoms. The molecule has 4 aromatic rings. The minimum atomic E-state index is -3.71. The van der Waals surface area contributed by atoms with Crippen LogP contribution in [0.3, 0.4) is 0 Å². The molecule has 2 heterocycles. The van der Waals surface area contributed by atoms with Crippen molar-refractivity contribution in [2.24, 2.45) is 0 Å². The van der Waals surface area contributed by atoms with Gasteiger partial charge in [-0.3, -0.25) is 0 Å². The third kappa shape index (κ3) is 3.99. The van der Waals surface area contributed by atoms with Crippen LogP contribution in [0.4, 0.5) is 0 Å². The van der Waals surface area contributed by atoms with Crippen LogP contribution in [-0.2, 0) is 16.6 Å². The third-order valence-corrected chi connectivity index (χ3v) is 5.66. The fourth-order valence-electron chi connectivity index (χ4n) is 2.55. The molecule has 0 spiro atoms. The maximum absolute atomic E-state index is 12.5. The van der Waals surface area contributed by atoms with E-state index in [1.807, 2.05) is 30.3 Å². The zero-order chi connectivity index (χ0) is 19.6. The normalized spacial score (nSPS) is 11.6. The van der Waals surface area contributed by atoms with Crippen molar-refractivity contribution in [3.05, 3.63) is 77.4 Å². The molecule has 0 saturated carbocycles. The number of aromatic nitrogens is 3. The highest BCUT2D eigenvalue weighted by Crippen LogP contribution is 2.24. The summed E-state index contributed by atoms with van der Waals surface area (Å²) in [7, 11) is -3.71. The van der Waals surface area contributed by atoms with E-state index >= 15 is 0 Å². The van der Waals surface area contributed by atoms with Gasteiger partial charge in [0.05, 0.1) is 0 Å². The fourth-order valence-corrected chi connectivity index (χ4v) is 3.68. The van der Waals surface area contributed by atoms with Crippen LogP contribution < -0.4 is 4.72 Å². The molecular weight excluding hydrogens is 400 g/mol. The van der Waals surface area contributed by atoms with Gasteiger partial charge in [0, 0.05) is 23.3 Å². The third-order valence-electron chi connectivity index (χ3n) is 4.02. The van der Waals surface area contributed by atoms with E-state index in [9.17, 15) is 8.42 Å². The van der Waals surface area contributed by atoms with Crippen molar-refractivity contribution in [2.75, 3.05) is 0 Å². The summed E-state index contributed by atoms with van der Waals surface area (Å²) in [5.41, 5.74) is 2.00. The molecule has 0 saturated heterocycles. The number of nitrogens with one attached hydrogen (secondary N) is 2. The SMILES string of the molecule is O=S(=O)(NCc1ccc(Cl)cc1)c1c[nH]c(-c2nnc(-c3ccccc3)o2)c1. The predicted molar refractivity (Wildman–Crippen MR) is 105 cm³/mol. The average Bonchev–Trinajstić information content (AvgIpc) is 3.38. The van der Waals surface area contributed by atoms with E-state index in [0.29, 0.717) is 16.6 Å². The molecule has 0 aliphatic heterocycles. The second kappa shape index (κ2) is 7.59. The Kier molecular flexibility index (Phi) is 4.99. The van der Waals surface area contributed by atoms with Crippen LogP contribution >= 0.6 is 11.6 Å². The minimum absolute atomic E-state index is 0.0796. The summed E-state index contributed by atoms with van der Waals surface area (Å²) in [6, 6.07) is 17.7. The molecule has 0 bridgehead atoms. The van der Waals surface area contributed by atoms with Gasteiger partial charge in [-0.15, -0.1) is 10.2 Å². The highest BCUT2D eigenvalue weighted by Gasteiger charge is 2.19. The van der Waals surface area contributed by atoms with Crippen LogP contribution in [-0.4, -0.2) is 23.6 Å². The molecular formula is C19H15ClN4O3S. The summed E-state index contributed by atoms with van der Waals surface area (Å²) in [5.74, 6) is 0.563. The van der Waals surface area contributed by atoms with E-state index in [-0.39, 0.29) is 17.3 Å². The number of rotatable bonds is 6. The van der Waals surface area contributed by atoms with Crippen molar-refractivity contribution in [1.29, 1.82) is 0 Å². The van der Waals surface area contributed by atoms with Gasteiger partial charge in [-0.2, -0.15) is 0 Å². The summed E-state index contributed by atoms with van der Waals surface area (Å²) in [4.78, 5) is 2.95. The number of benzene rings is 2. The van der Waals surface area contributed by atoms with Crippen molar-refractivity contribution in [3.63, 3.8) is 0 Å². The van der Waals surface area contributed by atoms with Crippen LogP contribution in [0.1, 0.15) is 5.56 Å². The van der Waals surface area contributed by atoms with E-state index in [4.69, 9.17) is 16.0 Å². The van der Waals surface area contributed by atoms with Gasteiger partial charge >= 0.3 is 0 Å². The first kappa shape index (κ1) is 18.4. The summed E-state index contributed by atoms with van der Waals surface area (Å²) in [5, 5.41) is 8.58. The highest BCUT2D eigenvalue weighted by atomic mass is 35.5. The molecule has 7 nitrogen and oxygen atoms in total. The first-order valence-corrected chi connectivity index (χ1v) is 10.2. The van der Waals surface area contributed by atoms with Gasteiger partial charge < -0.3 is 9.40 Å². The van der Waals surface area contributed by atoms with Crippen molar-refractivity contribution < 1.29 is 12.8 Å². The lowest BCUT2D eigenvalue weighted by Gasteiger charge is -2.05. The van der Waals surface area contributed by atoms with Crippen molar-refractivity contribution in [3.8, 4) is 23.0 Å². The van der Waals surface area contributed by atoms with E-state index in [1.165, 1.54) is 12.3 Å². The van der Waals surface area contributed by atoms with Crippen molar-refractivity contribution in [1.82, 2.24) is 19.9 Å². The van der Waals surface area contributed by atoms with E-state index < -0.39 is 10.0 Å². The van der Waals surface area contributed by atoms with Gasteiger partial charge in [0.1, 0.15) is 10.6 Å². The summed E-state index contributed by atoms with van der Waals surface area (Å²) < 4.78 is 33.2. The lowest BCUT2D eigenvalue weighted by atomic mass is 10.2. The lowest BCUT2D eigenvalue weighted by molar-refractivity contribution is 0.581. The van der Waals surface area contributed by atoms with Gasteiger partial charge in [-0.1, -0.05) is 41.9 Å². The molecule has 0 amide bonds. The maximum atomic E-state index is 12.5. The van der Waals surface area contributed by atoms with Crippen LogP contribution in [0, 0.1) is 0 Å². The number of hydrogen-bond donors (Lipinski definition) is 2. The number of H-pyrrole nitrogens is 1. The zero-order valence-corrected chi connectivity index (χ0v) is 16.0. The molecule has 0 radical (unpaired) electrons. The lowest BCUT2D eigenvalue weighted by Crippen LogP contribution is -2.22. The monoisotopic (exact) mass is 414 g/mol. The molecule has 0 aliphatic carbocycles. The van der Waals surface area contributed by atoms with Crippen molar-refractivity contribution in [2.45, 2.75) is 11.4 Å². The van der Waals surface area contributed by atoms with Gasteiger partial charge in [0.2, 0.25) is 15.9 Å². The predicted octanol–water partition coefficient (Wildman–Crippen LogP) is 3.86. The van der Waals surface area contributed by atoms with Gasteiger partial charge in [-0.05, 0) is 35.9 Å². The van der Waals surface area contributed by atoms with E-state index in [1.54, 1.807) is 24.3 Å². The number of nitrogens with zero attached hydrogens (tertiary/aromatic N) is 2. The Morgan fingerprint density at radius 3 is 2.46 bits per heavy atom. The van der Waals surface area contributed by atoms with E-state index in [2.05, 4.69) is 19.9 Å². The molecule has 0 fully saturated rings. The molecule has 28 heavy (non-hydrogen) atoms. The summed E-state index contributed by atoms with van der Waals surface area (Å²) in [6.07, 6.45) is 1.38. The maximum Gasteiger partial charge on any atom is 0.264 e. The molecule has 2 aromatic heterocycles. The highest BCUT2D eigenvalue weighted by molar-refractivity contribution is 7.89. The fraction of sp³-hybridized carbons (Fsp3) is 0.0526. The van der Waals surface area contributed by atoms with Crippen LogP contribution in [0.5, 0.6) is 0 Å². The summed E-state index contributed by atoms with van der Waals surface area (Å²) >= 11 is 5.84. The minimum Gasteiger partial charge on any atom is -0.415 e. The number of hydrogen-bond acceptors (Lipinski definition) is 5. The van der Waals surface area contributed by atoms with Crippen LogP contribution in [0.2, 0.25) is 5.02 Å².